The van der Waals surface area contributed by atoms with E-state index in [0.717, 1.165) is 44.5 Å². The lowest BCUT2D eigenvalue weighted by molar-refractivity contribution is -0.138. The molecule has 1 fully saturated rings. The molecule has 1 saturated carbocycles. The third-order valence-corrected chi connectivity index (χ3v) is 5.94. The number of carbonyl (C=O) groups excluding carboxylic acids is 1. The van der Waals surface area contributed by atoms with Crippen LogP contribution in [-0.2, 0) is 24.3 Å². The van der Waals surface area contributed by atoms with Gasteiger partial charge in [-0.25, -0.2) is 4.98 Å². The van der Waals surface area contributed by atoms with Gasteiger partial charge in [0.25, 0.3) is 0 Å². The quantitative estimate of drug-likeness (QED) is 0.308. The number of aryl methyl sites for hydroxylation is 2. The van der Waals surface area contributed by atoms with Crippen LogP contribution in [0.4, 0.5) is 0 Å². The highest BCUT2D eigenvalue weighted by molar-refractivity contribution is 14.0. The van der Waals surface area contributed by atoms with Gasteiger partial charge in [0.1, 0.15) is 5.82 Å². The van der Waals surface area contributed by atoms with E-state index in [2.05, 4.69) is 49.4 Å². The summed E-state index contributed by atoms with van der Waals surface area (Å²) in [5.74, 6) is 1.87. The third kappa shape index (κ3) is 6.69. The van der Waals surface area contributed by atoms with Gasteiger partial charge in [-0.2, -0.15) is 0 Å². The molecule has 1 aromatic heterocycles. The van der Waals surface area contributed by atoms with E-state index in [1.807, 2.05) is 32.6 Å². The number of aliphatic imine (C=N–C) groups is 1. The Kier molecular flexibility index (Phi) is 9.80. The molecule has 0 saturated heterocycles. The Morgan fingerprint density at radius 1 is 1.19 bits per heavy atom. The molecular formula is C23H35IN6O. The molecule has 1 aliphatic rings. The number of hydrogen-bond acceptors (Lipinski definition) is 3. The van der Waals surface area contributed by atoms with E-state index in [1.54, 1.807) is 11.9 Å². The van der Waals surface area contributed by atoms with E-state index >= 15 is 0 Å². The second-order valence-corrected chi connectivity index (χ2v) is 8.24. The van der Waals surface area contributed by atoms with Gasteiger partial charge in [-0.1, -0.05) is 43.2 Å². The monoisotopic (exact) mass is 538 g/mol. The van der Waals surface area contributed by atoms with Crippen molar-refractivity contribution in [2.75, 3.05) is 27.7 Å². The molecule has 31 heavy (non-hydrogen) atoms. The number of halogens is 1. The van der Waals surface area contributed by atoms with E-state index in [-0.39, 0.29) is 35.3 Å². The molecule has 0 spiro atoms. The number of nitrogens with one attached hydrogen (secondary N) is 2. The van der Waals surface area contributed by atoms with E-state index in [4.69, 9.17) is 0 Å². The number of imidazole rings is 1. The van der Waals surface area contributed by atoms with Crippen molar-refractivity contribution < 1.29 is 4.79 Å². The summed E-state index contributed by atoms with van der Waals surface area (Å²) in [4.78, 5) is 23.3. The molecule has 0 radical (unpaired) electrons. The maximum absolute atomic E-state index is 12.8. The minimum absolute atomic E-state index is 0. The SMILES string of the molecule is CN=C(NCc1nccn1CCc1ccccc1)NCC1(C(=O)N(C)C)CCCC1.I. The largest absolute Gasteiger partial charge is 0.355 e. The van der Waals surface area contributed by atoms with E-state index in [9.17, 15) is 4.79 Å². The van der Waals surface area contributed by atoms with Gasteiger partial charge in [-0.3, -0.25) is 9.79 Å². The summed E-state index contributed by atoms with van der Waals surface area (Å²) >= 11 is 0. The van der Waals surface area contributed by atoms with Gasteiger partial charge in [0.05, 0.1) is 12.0 Å². The molecule has 0 aliphatic heterocycles. The summed E-state index contributed by atoms with van der Waals surface area (Å²) in [5, 5.41) is 6.73. The number of guanidine groups is 1. The Hall–Kier alpha value is -2.10. The lowest BCUT2D eigenvalue weighted by Crippen LogP contribution is -2.49. The standard InChI is InChI=1S/C23H34N6O.HI/c1-24-22(27-18-23(12-7-8-13-23)21(30)28(2)3)26-17-20-25-14-16-29(20)15-11-19-9-5-4-6-10-19;/h4-6,9-10,14,16H,7-8,11-13,15,17-18H2,1-3H3,(H2,24,26,27);1H. The zero-order chi connectivity index (χ0) is 21.4. The molecule has 0 unspecified atom stereocenters. The van der Waals surface area contributed by atoms with Crippen molar-refractivity contribution >= 4 is 35.8 Å². The molecule has 0 atom stereocenters. The van der Waals surface area contributed by atoms with Crippen molar-refractivity contribution in [2.45, 2.75) is 45.2 Å². The van der Waals surface area contributed by atoms with Crippen LogP contribution in [0.5, 0.6) is 0 Å². The van der Waals surface area contributed by atoms with Crippen LogP contribution in [0.15, 0.2) is 47.7 Å². The minimum Gasteiger partial charge on any atom is -0.355 e. The van der Waals surface area contributed by atoms with Gasteiger partial charge in [-0.05, 0) is 24.8 Å². The van der Waals surface area contributed by atoms with Gasteiger partial charge in [-0.15, -0.1) is 24.0 Å². The smallest absolute Gasteiger partial charge is 0.230 e. The second kappa shape index (κ2) is 12.1. The number of carbonyl (C=O) groups is 1. The molecular weight excluding hydrogens is 503 g/mol. The lowest BCUT2D eigenvalue weighted by atomic mass is 9.84. The number of nitrogens with zero attached hydrogens (tertiary/aromatic N) is 4. The first-order chi connectivity index (χ1) is 14.5. The normalized spacial score (nSPS) is 15.3. The van der Waals surface area contributed by atoms with Crippen LogP contribution in [0.3, 0.4) is 0 Å². The molecule has 2 aromatic rings. The molecule has 2 N–H and O–H groups in total. The van der Waals surface area contributed by atoms with Crippen LogP contribution >= 0.6 is 24.0 Å². The highest BCUT2D eigenvalue weighted by Gasteiger charge is 2.42. The summed E-state index contributed by atoms with van der Waals surface area (Å²) in [6.07, 6.45) is 8.88. The van der Waals surface area contributed by atoms with Crippen LogP contribution < -0.4 is 10.6 Å². The van der Waals surface area contributed by atoms with Crippen molar-refractivity contribution in [2.24, 2.45) is 10.4 Å². The maximum Gasteiger partial charge on any atom is 0.230 e. The molecule has 8 heteroatoms. The van der Waals surface area contributed by atoms with E-state index in [1.165, 1.54) is 5.56 Å². The molecule has 1 amide bonds. The fourth-order valence-electron chi connectivity index (χ4n) is 4.23. The molecule has 1 aromatic carbocycles. The van der Waals surface area contributed by atoms with Gasteiger partial charge in [0, 0.05) is 46.6 Å². The van der Waals surface area contributed by atoms with Crippen molar-refractivity contribution in [1.29, 1.82) is 0 Å². The number of hydrogen-bond donors (Lipinski definition) is 2. The van der Waals surface area contributed by atoms with Crippen LogP contribution in [0, 0.1) is 5.41 Å². The van der Waals surface area contributed by atoms with Gasteiger partial charge >= 0.3 is 0 Å². The van der Waals surface area contributed by atoms with Crippen LogP contribution in [0.1, 0.15) is 37.1 Å². The van der Waals surface area contributed by atoms with Crippen LogP contribution in [-0.4, -0.2) is 54.0 Å². The molecule has 170 valence electrons. The molecule has 3 rings (SSSR count). The zero-order valence-electron chi connectivity index (χ0n) is 18.8. The predicted molar refractivity (Wildman–Crippen MR) is 136 cm³/mol. The Morgan fingerprint density at radius 2 is 1.90 bits per heavy atom. The Bertz CT molecular complexity index is 843. The summed E-state index contributed by atoms with van der Waals surface area (Å²) in [6, 6.07) is 10.5. The predicted octanol–water partition coefficient (Wildman–Crippen LogP) is 3.06. The number of rotatable bonds is 8. The first-order valence-electron chi connectivity index (χ1n) is 10.7. The highest BCUT2D eigenvalue weighted by atomic mass is 127. The third-order valence-electron chi connectivity index (χ3n) is 5.94. The summed E-state index contributed by atoms with van der Waals surface area (Å²) in [6.45, 7) is 2.07. The van der Waals surface area contributed by atoms with Crippen LogP contribution in [0.2, 0.25) is 0 Å². The summed E-state index contributed by atoms with van der Waals surface area (Å²) in [7, 11) is 5.43. The zero-order valence-corrected chi connectivity index (χ0v) is 21.1. The van der Waals surface area contributed by atoms with Crippen LogP contribution in [0.25, 0.3) is 0 Å². The molecule has 7 nitrogen and oxygen atoms in total. The Morgan fingerprint density at radius 3 is 2.55 bits per heavy atom. The Labute approximate surface area is 202 Å². The summed E-state index contributed by atoms with van der Waals surface area (Å²) < 4.78 is 2.17. The molecule has 1 heterocycles. The summed E-state index contributed by atoms with van der Waals surface area (Å²) in [5.41, 5.74) is 0.991. The Balaban J connectivity index is 0.00000341. The topological polar surface area (TPSA) is 74.5 Å². The first kappa shape index (κ1) is 25.2. The first-order valence-corrected chi connectivity index (χ1v) is 10.7. The number of amides is 1. The van der Waals surface area contributed by atoms with Gasteiger partial charge in [0.2, 0.25) is 5.91 Å². The minimum atomic E-state index is -0.324. The highest BCUT2D eigenvalue weighted by Crippen LogP contribution is 2.38. The fourth-order valence-corrected chi connectivity index (χ4v) is 4.23. The van der Waals surface area contributed by atoms with Gasteiger partial charge < -0.3 is 20.1 Å². The molecule has 1 aliphatic carbocycles. The van der Waals surface area contributed by atoms with Crippen molar-refractivity contribution in [1.82, 2.24) is 25.1 Å². The number of benzene rings is 1. The second-order valence-electron chi connectivity index (χ2n) is 8.24. The average Bonchev–Trinajstić information content (AvgIpc) is 3.42. The molecule has 0 bridgehead atoms. The van der Waals surface area contributed by atoms with E-state index in [0.29, 0.717) is 19.0 Å². The maximum atomic E-state index is 12.8. The van der Waals surface area contributed by atoms with Crippen molar-refractivity contribution in [3.63, 3.8) is 0 Å². The number of aromatic nitrogens is 2. The van der Waals surface area contributed by atoms with Crippen molar-refractivity contribution in [3.8, 4) is 0 Å². The average molecular weight is 538 g/mol. The van der Waals surface area contributed by atoms with Crippen molar-refractivity contribution in [3.05, 3.63) is 54.1 Å². The van der Waals surface area contributed by atoms with E-state index < -0.39 is 0 Å². The van der Waals surface area contributed by atoms with Gasteiger partial charge in [0.15, 0.2) is 5.96 Å². The lowest BCUT2D eigenvalue weighted by Gasteiger charge is -2.31. The fraction of sp³-hybridized carbons (Fsp3) is 0.522.